The van der Waals surface area contributed by atoms with Gasteiger partial charge in [0.15, 0.2) is 23.3 Å². The second-order valence-corrected chi connectivity index (χ2v) is 21.7. The zero-order chi connectivity index (χ0) is 52.9. The lowest BCUT2D eigenvalue weighted by Crippen LogP contribution is -2.12. The number of benzene rings is 8. The predicted octanol–water partition coefficient (Wildman–Crippen LogP) is 18.8. The molecule has 11 rings (SSSR count). The number of fused-ring (bicyclic) bond motifs is 3. The molecule has 0 atom stereocenters. The Kier molecular flexibility index (Phi) is 14.8. The molecule has 0 N–H and O–H groups in total. The largest absolute Gasteiger partial charge is 0.309 e. The second kappa shape index (κ2) is 22.5. The second-order valence-electron chi connectivity index (χ2n) is 21.7. The Balaban J connectivity index is 1.22. The molecule has 0 radical (unpaired) electrons. The van der Waals surface area contributed by atoms with Crippen molar-refractivity contribution in [3.63, 3.8) is 0 Å². The molecule has 0 amide bonds. The molecule has 3 aromatic heterocycles. The zero-order valence-corrected chi connectivity index (χ0v) is 45.5. The number of para-hydroxylation sites is 1. The third kappa shape index (κ3) is 11.0. The molecule has 0 saturated carbocycles. The van der Waals surface area contributed by atoms with Crippen LogP contribution < -0.4 is 0 Å². The Bertz CT molecular complexity index is 3770. The Hall–Kier alpha value is -8.35. The summed E-state index contributed by atoms with van der Waals surface area (Å²) in [6.45, 7) is 13.7. The monoisotopic (exact) mass is 1000 g/mol. The molecule has 0 bridgehead atoms. The van der Waals surface area contributed by atoms with Crippen molar-refractivity contribution in [3.05, 3.63) is 216 Å². The number of hydrogen-bond acceptors (Lipinski definition) is 5. The number of unbranched alkanes of at least 4 members (excludes halogenated alkanes) is 3. The molecule has 0 saturated heterocycles. The Morgan fingerprint density at radius 2 is 0.831 bits per heavy atom. The number of aryl methyl sites for hydroxylation is 3. The first-order valence-electron chi connectivity index (χ1n) is 27.9. The molecule has 0 unspecified atom stereocenters. The lowest BCUT2D eigenvalue weighted by Gasteiger charge is -2.21. The van der Waals surface area contributed by atoms with Crippen LogP contribution in [0.2, 0.25) is 0 Å². The van der Waals surface area contributed by atoms with Gasteiger partial charge in [0.25, 0.3) is 0 Å². The number of hydrogen-bond donors (Lipinski definition) is 0. The van der Waals surface area contributed by atoms with Crippen LogP contribution in [0.15, 0.2) is 194 Å². The average molecular weight is 1010 g/mol. The fourth-order valence-electron chi connectivity index (χ4n) is 10.7. The smallest absolute Gasteiger partial charge is 0.166 e. The van der Waals surface area contributed by atoms with Crippen molar-refractivity contribution in [3.8, 4) is 84.9 Å². The van der Waals surface area contributed by atoms with Gasteiger partial charge in [0.05, 0.1) is 28.1 Å². The third-order valence-electron chi connectivity index (χ3n) is 14.9. The van der Waals surface area contributed by atoms with Gasteiger partial charge < -0.3 is 4.57 Å². The summed E-state index contributed by atoms with van der Waals surface area (Å²) in [5.41, 5.74) is 18.0. The highest BCUT2D eigenvalue weighted by Gasteiger charge is 2.24. The molecule has 6 heteroatoms. The van der Waals surface area contributed by atoms with E-state index >= 15 is 0 Å². The molecule has 11 aromatic rings. The zero-order valence-electron chi connectivity index (χ0n) is 45.5. The molecule has 0 fully saturated rings. The van der Waals surface area contributed by atoms with Crippen LogP contribution in [0, 0.1) is 0 Å². The Labute approximate surface area is 455 Å². The molecule has 0 spiro atoms. The van der Waals surface area contributed by atoms with Gasteiger partial charge in [-0.1, -0.05) is 188 Å². The van der Waals surface area contributed by atoms with Gasteiger partial charge in [-0.25, -0.2) is 24.9 Å². The van der Waals surface area contributed by atoms with Crippen LogP contribution in [0.1, 0.15) is 102 Å². The van der Waals surface area contributed by atoms with Gasteiger partial charge in [0.1, 0.15) is 0 Å². The van der Waals surface area contributed by atoms with Gasteiger partial charge in [-0.2, -0.15) is 0 Å². The van der Waals surface area contributed by atoms with E-state index in [4.69, 9.17) is 24.9 Å². The number of aromatic nitrogens is 6. The van der Waals surface area contributed by atoms with E-state index in [1.807, 2.05) is 12.1 Å². The maximum atomic E-state index is 5.66. The molecular weight excluding hydrogens is 937 g/mol. The summed E-state index contributed by atoms with van der Waals surface area (Å²) in [5, 5.41) is 2.34. The topological polar surface area (TPSA) is 69.4 Å². The average Bonchev–Trinajstić information content (AvgIpc) is 3.81. The minimum absolute atomic E-state index is 0.0945. The van der Waals surface area contributed by atoms with Crippen molar-refractivity contribution in [2.45, 2.75) is 105 Å². The summed E-state index contributed by atoms with van der Waals surface area (Å²) in [6, 6.07) is 69.8. The van der Waals surface area contributed by atoms with E-state index in [0.717, 1.165) is 119 Å². The van der Waals surface area contributed by atoms with E-state index in [1.165, 1.54) is 44.2 Å². The molecule has 77 heavy (non-hydrogen) atoms. The highest BCUT2D eigenvalue weighted by molar-refractivity contribution is 6.11. The predicted molar refractivity (Wildman–Crippen MR) is 322 cm³/mol. The van der Waals surface area contributed by atoms with Crippen LogP contribution >= 0.6 is 0 Å². The molecule has 0 aliphatic carbocycles. The highest BCUT2D eigenvalue weighted by Crippen LogP contribution is 2.41. The van der Waals surface area contributed by atoms with Gasteiger partial charge in [-0.15, -0.1) is 0 Å². The molecule has 0 aliphatic rings. The van der Waals surface area contributed by atoms with Crippen LogP contribution in [0.25, 0.3) is 107 Å². The van der Waals surface area contributed by atoms with E-state index < -0.39 is 0 Å². The molecule has 3 heterocycles. The Morgan fingerprint density at radius 1 is 0.351 bits per heavy atom. The summed E-state index contributed by atoms with van der Waals surface area (Å²) in [7, 11) is 0. The first kappa shape index (κ1) is 50.8. The van der Waals surface area contributed by atoms with Crippen molar-refractivity contribution in [2.75, 3.05) is 0 Å². The maximum absolute atomic E-state index is 5.66. The summed E-state index contributed by atoms with van der Waals surface area (Å²) in [5.74, 6) is 2.52. The summed E-state index contributed by atoms with van der Waals surface area (Å²) in [4.78, 5) is 27.6. The molecular formula is C71H68N6. The molecule has 8 aromatic carbocycles. The van der Waals surface area contributed by atoms with Crippen LogP contribution in [0.4, 0.5) is 0 Å². The van der Waals surface area contributed by atoms with Crippen LogP contribution in [0.5, 0.6) is 0 Å². The van der Waals surface area contributed by atoms with Gasteiger partial charge >= 0.3 is 0 Å². The van der Waals surface area contributed by atoms with E-state index in [2.05, 4.69) is 228 Å². The summed E-state index contributed by atoms with van der Waals surface area (Å²) in [6.07, 6.45) is 9.69. The van der Waals surface area contributed by atoms with Gasteiger partial charge in [-0.3, -0.25) is 0 Å². The number of nitrogens with zero attached hydrogens (tertiary/aromatic N) is 6. The summed E-state index contributed by atoms with van der Waals surface area (Å²) < 4.78 is 2.40. The van der Waals surface area contributed by atoms with Crippen LogP contribution in [0.3, 0.4) is 0 Å². The van der Waals surface area contributed by atoms with Crippen molar-refractivity contribution >= 4 is 21.8 Å². The fourth-order valence-corrected chi connectivity index (χ4v) is 10.7. The van der Waals surface area contributed by atoms with Crippen molar-refractivity contribution in [2.24, 2.45) is 0 Å². The Morgan fingerprint density at radius 3 is 1.40 bits per heavy atom. The first-order valence-corrected chi connectivity index (χ1v) is 27.9. The molecule has 6 nitrogen and oxygen atoms in total. The van der Waals surface area contributed by atoms with Crippen molar-refractivity contribution < 1.29 is 0 Å². The standard InChI is InChI=1S/C71H68N6/c1-7-10-24-48-39-49(25-11-8-2)41-56(40-48)68-74-69(57-42-50(26-12-9-3)43-58(44-57)71(4,5)6)76-70(75-68)61-46-55(67-72-62(52-29-18-14-19-30-52)47-63(73-67)53-31-20-15-21-32-53)36-38-66(61)77-64-34-23-22-33-59(64)60-45-54(35-37-65(60)77)51-27-16-13-17-28-51/h13-23,27-47H,7-12,24-26H2,1-6H3. The lowest BCUT2D eigenvalue weighted by atomic mass is 9.84. The van der Waals surface area contributed by atoms with Gasteiger partial charge in [-0.05, 0) is 144 Å². The van der Waals surface area contributed by atoms with Gasteiger partial charge in [0, 0.05) is 44.2 Å². The molecule has 382 valence electrons. The third-order valence-corrected chi connectivity index (χ3v) is 14.9. The van der Waals surface area contributed by atoms with Crippen molar-refractivity contribution in [1.29, 1.82) is 0 Å². The minimum atomic E-state index is -0.0945. The molecule has 0 aliphatic heterocycles. The van der Waals surface area contributed by atoms with Gasteiger partial charge in [0.2, 0.25) is 0 Å². The summed E-state index contributed by atoms with van der Waals surface area (Å²) >= 11 is 0. The lowest BCUT2D eigenvalue weighted by molar-refractivity contribution is 0.589. The SMILES string of the molecule is CCCCc1cc(CCCC)cc(-c2nc(-c3cc(CCCC)cc(C(C)(C)C)c3)nc(-c3cc(-c4nc(-c5ccccc5)cc(-c5ccccc5)n4)ccc3-n3c4ccccc4c4cc(-c5ccccc5)ccc43)n2)c1. The highest BCUT2D eigenvalue weighted by atomic mass is 15.1. The van der Waals surface area contributed by atoms with Crippen LogP contribution in [-0.2, 0) is 24.7 Å². The minimum Gasteiger partial charge on any atom is -0.309 e. The van der Waals surface area contributed by atoms with E-state index in [-0.39, 0.29) is 5.41 Å². The quantitative estimate of drug-likeness (QED) is 0.0909. The first-order chi connectivity index (χ1) is 37.6. The van der Waals surface area contributed by atoms with E-state index in [0.29, 0.717) is 23.3 Å². The number of rotatable bonds is 17. The van der Waals surface area contributed by atoms with Crippen molar-refractivity contribution in [1.82, 2.24) is 29.5 Å². The van der Waals surface area contributed by atoms with E-state index in [9.17, 15) is 0 Å². The maximum Gasteiger partial charge on any atom is 0.166 e. The fraction of sp³-hybridized carbons (Fsp3) is 0.225. The normalized spacial score (nSPS) is 11.7. The van der Waals surface area contributed by atoms with E-state index in [1.54, 1.807) is 0 Å². The van der Waals surface area contributed by atoms with Crippen LogP contribution in [-0.4, -0.2) is 29.5 Å².